The predicted molar refractivity (Wildman–Crippen MR) is 131 cm³/mol. The Morgan fingerprint density at radius 2 is 1.76 bits per heavy atom. The van der Waals surface area contributed by atoms with Crippen molar-refractivity contribution >= 4 is 24.0 Å². The molecule has 2 aromatic carbocycles. The molecule has 2 unspecified atom stereocenters. The van der Waals surface area contributed by atoms with Gasteiger partial charge < -0.3 is 4.74 Å². The van der Waals surface area contributed by atoms with Crippen LogP contribution in [0.15, 0.2) is 54.6 Å². The number of hydrogen-bond acceptors (Lipinski definition) is 6. The molecule has 2 fully saturated rings. The molecule has 2 aliphatic heterocycles. The molecule has 2 aliphatic rings. The van der Waals surface area contributed by atoms with Crippen LogP contribution < -0.4 is 0 Å². The van der Waals surface area contributed by atoms with Gasteiger partial charge in [-0.1, -0.05) is 60.1 Å². The lowest BCUT2D eigenvalue weighted by atomic mass is 10.0. The van der Waals surface area contributed by atoms with Crippen LogP contribution in [-0.4, -0.2) is 68.9 Å². The third-order valence-electron chi connectivity index (χ3n) is 6.43. The standard InChI is InChI=1S/C24H29ClN6O.ClH/c25-22-11-5-4-10-21(22)23(24-26-27-28-31(24)18-20-9-6-16-32-20)30-14-12-29(13-15-30)17-19-7-2-1-3-8-19;/h1-5,7-8,10-11,20,23H,6,9,12-18H2;1H. The van der Waals surface area contributed by atoms with E-state index in [1.54, 1.807) is 0 Å². The second-order valence-corrected chi connectivity index (χ2v) is 8.98. The van der Waals surface area contributed by atoms with Gasteiger partial charge in [0.15, 0.2) is 5.82 Å². The Bertz CT molecular complexity index is 1000. The number of ether oxygens (including phenoxy) is 1. The van der Waals surface area contributed by atoms with Gasteiger partial charge in [0, 0.05) is 44.4 Å². The molecule has 0 bridgehead atoms. The van der Waals surface area contributed by atoms with E-state index in [2.05, 4.69) is 61.7 Å². The van der Waals surface area contributed by atoms with Gasteiger partial charge in [-0.25, -0.2) is 4.68 Å². The van der Waals surface area contributed by atoms with Crippen LogP contribution in [0.2, 0.25) is 5.02 Å². The largest absolute Gasteiger partial charge is 0.376 e. The van der Waals surface area contributed by atoms with E-state index in [1.807, 2.05) is 22.9 Å². The molecule has 3 heterocycles. The van der Waals surface area contributed by atoms with E-state index in [0.717, 1.165) is 68.6 Å². The summed E-state index contributed by atoms with van der Waals surface area (Å²) >= 11 is 6.67. The fourth-order valence-corrected chi connectivity index (χ4v) is 4.97. The molecule has 0 saturated carbocycles. The van der Waals surface area contributed by atoms with E-state index in [1.165, 1.54) is 5.56 Å². The maximum atomic E-state index is 6.67. The van der Waals surface area contributed by atoms with Gasteiger partial charge in [-0.3, -0.25) is 9.80 Å². The smallest absolute Gasteiger partial charge is 0.173 e. The zero-order chi connectivity index (χ0) is 21.8. The minimum atomic E-state index is -0.0843. The third kappa shape index (κ3) is 5.73. The minimum Gasteiger partial charge on any atom is -0.376 e. The fourth-order valence-electron chi connectivity index (χ4n) is 4.74. The average Bonchev–Trinajstić information content (AvgIpc) is 3.50. The molecule has 33 heavy (non-hydrogen) atoms. The van der Waals surface area contributed by atoms with Gasteiger partial charge in [0.25, 0.3) is 0 Å². The van der Waals surface area contributed by atoms with Crippen molar-refractivity contribution in [2.45, 2.75) is 38.1 Å². The molecule has 0 spiro atoms. The van der Waals surface area contributed by atoms with Gasteiger partial charge in [0.05, 0.1) is 18.7 Å². The second kappa shape index (κ2) is 11.4. The van der Waals surface area contributed by atoms with Gasteiger partial charge in [-0.05, 0) is 40.5 Å². The topological polar surface area (TPSA) is 59.3 Å². The van der Waals surface area contributed by atoms with Crippen LogP contribution in [0.5, 0.6) is 0 Å². The lowest BCUT2D eigenvalue weighted by molar-refractivity contribution is 0.0842. The number of nitrogens with zero attached hydrogens (tertiary/aromatic N) is 6. The van der Waals surface area contributed by atoms with Gasteiger partial charge >= 0.3 is 0 Å². The molecule has 5 rings (SSSR count). The van der Waals surface area contributed by atoms with Gasteiger partial charge in [0.2, 0.25) is 0 Å². The molecular formula is C24H30Cl2N6O. The number of hydrogen-bond donors (Lipinski definition) is 0. The Morgan fingerprint density at radius 3 is 2.48 bits per heavy atom. The number of tetrazole rings is 1. The first-order chi connectivity index (χ1) is 15.8. The predicted octanol–water partition coefficient (Wildman–Crippen LogP) is 3.83. The molecule has 9 heteroatoms. The molecule has 2 atom stereocenters. The van der Waals surface area contributed by atoms with Gasteiger partial charge in [-0.2, -0.15) is 0 Å². The first kappa shape index (κ1) is 24.1. The summed E-state index contributed by atoms with van der Waals surface area (Å²) in [7, 11) is 0. The van der Waals surface area contributed by atoms with E-state index >= 15 is 0 Å². The lowest BCUT2D eigenvalue weighted by Crippen LogP contribution is -2.48. The molecule has 1 aromatic heterocycles. The molecular weight excluding hydrogens is 459 g/mol. The van der Waals surface area contributed by atoms with E-state index in [-0.39, 0.29) is 24.6 Å². The number of rotatable bonds is 7. The van der Waals surface area contributed by atoms with Crippen molar-refractivity contribution in [3.05, 3.63) is 76.6 Å². The molecule has 7 nitrogen and oxygen atoms in total. The average molecular weight is 489 g/mol. The van der Waals surface area contributed by atoms with E-state index < -0.39 is 0 Å². The molecule has 176 valence electrons. The van der Waals surface area contributed by atoms with Crippen LogP contribution in [0.4, 0.5) is 0 Å². The molecule has 0 radical (unpaired) electrons. The van der Waals surface area contributed by atoms with E-state index in [0.29, 0.717) is 6.54 Å². The van der Waals surface area contributed by atoms with Crippen molar-refractivity contribution in [1.29, 1.82) is 0 Å². The quantitative estimate of drug-likeness (QED) is 0.503. The van der Waals surface area contributed by atoms with E-state index in [9.17, 15) is 0 Å². The highest BCUT2D eigenvalue weighted by Gasteiger charge is 2.32. The van der Waals surface area contributed by atoms with Crippen molar-refractivity contribution < 1.29 is 4.74 Å². The summed E-state index contributed by atoms with van der Waals surface area (Å²) in [5.74, 6) is 0.838. The van der Waals surface area contributed by atoms with Crippen LogP contribution in [-0.2, 0) is 17.8 Å². The third-order valence-corrected chi connectivity index (χ3v) is 6.77. The molecule has 2 saturated heterocycles. The monoisotopic (exact) mass is 488 g/mol. The highest BCUT2D eigenvalue weighted by atomic mass is 35.5. The summed E-state index contributed by atoms with van der Waals surface area (Å²) in [6.45, 7) is 6.30. The summed E-state index contributed by atoms with van der Waals surface area (Å²) in [5.41, 5.74) is 2.40. The first-order valence-electron chi connectivity index (χ1n) is 11.4. The van der Waals surface area contributed by atoms with Crippen molar-refractivity contribution in [1.82, 2.24) is 30.0 Å². The second-order valence-electron chi connectivity index (χ2n) is 8.58. The molecule has 0 N–H and O–H groups in total. The first-order valence-corrected chi connectivity index (χ1v) is 11.8. The molecule has 3 aromatic rings. The van der Waals surface area contributed by atoms with Crippen molar-refractivity contribution in [3.63, 3.8) is 0 Å². The van der Waals surface area contributed by atoms with Crippen molar-refractivity contribution in [2.75, 3.05) is 32.8 Å². The summed E-state index contributed by atoms with van der Waals surface area (Å²) in [6, 6.07) is 18.6. The van der Waals surface area contributed by atoms with Crippen LogP contribution in [0.3, 0.4) is 0 Å². The summed E-state index contributed by atoms with van der Waals surface area (Å²) < 4.78 is 7.76. The maximum absolute atomic E-state index is 6.67. The maximum Gasteiger partial charge on any atom is 0.173 e. The van der Waals surface area contributed by atoms with Crippen LogP contribution in [0.25, 0.3) is 0 Å². The van der Waals surface area contributed by atoms with Crippen molar-refractivity contribution in [2.24, 2.45) is 0 Å². The lowest BCUT2D eigenvalue weighted by Gasteiger charge is -2.39. The Balaban J connectivity index is 0.00000259. The Labute approximate surface area is 206 Å². The zero-order valence-electron chi connectivity index (χ0n) is 18.6. The Hall–Kier alpha value is -2.03. The van der Waals surface area contributed by atoms with Crippen LogP contribution in [0, 0.1) is 0 Å². The highest BCUT2D eigenvalue weighted by molar-refractivity contribution is 6.31. The van der Waals surface area contributed by atoms with Crippen LogP contribution >= 0.6 is 24.0 Å². The number of benzene rings is 2. The summed E-state index contributed by atoms with van der Waals surface area (Å²) in [6.07, 6.45) is 2.32. The Morgan fingerprint density at radius 1 is 1.00 bits per heavy atom. The Kier molecular flexibility index (Phi) is 8.33. The number of aromatic nitrogens is 4. The number of halogens is 2. The summed E-state index contributed by atoms with van der Waals surface area (Å²) in [4.78, 5) is 4.96. The SMILES string of the molecule is Cl.Clc1ccccc1C(c1nnnn1CC1CCCO1)N1CCN(Cc2ccccc2)CC1. The fraction of sp³-hybridized carbons (Fsp3) is 0.458. The van der Waals surface area contributed by atoms with Gasteiger partial charge in [0.1, 0.15) is 0 Å². The van der Waals surface area contributed by atoms with E-state index in [4.69, 9.17) is 16.3 Å². The number of piperazine rings is 1. The summed E-state index contributed by atoms with van der Waals surface area (Å²) in [5, 5.41) is 13.6. The van der Waals surface area contributed by atoms with Crippen LogP contribution in [0.1, 0.15) is 35.8 Å². The minimum absolute atomic E-state index is 0. The normalized spacial score (nSPS) is 20.5. The molecule has 0 amide bonds. The van der Waals surface area contributed by atoms with Gasteiger partial charge in [-0.15, -0.1) is 17.5 Å². The molecule has 0 aliphatic carbocycles. The zero-order valence-corrected chi connectivity index (χ0v) is 20.2. The highest BCUT2D eigenvalue weighted by Crippen LogP contribution is 2.33. The van der Waals surface area contributed by atoms with Crippen molar-refractivity contribution in [3.8, 4) is 0 Å².